The first-order chi connectivity index (χ1) is 3.81. The molecule has 0 saturated heterocycles. The standard InChI is InChI=1S/C5H11ClN2/c6-5(4-8)2-1-3-7/h2H,1,3-4,7-8H2/b5-2-. The second-order valence-corrected chi connectivity index (χ2v) is 1.92. The Kier molecular flexibility index (Phi) is 5.06. The van der Waals surface area contributed by atoms with Gasteiger partial charge in [0.05, 0.1) is 0 Å². The fourth-order valence-electron chi connectivity index (χ4n) is 0.323. The van der Waals surface area contributed by atoms with Crippen molar-refractivity contribution in [1.29, 1.82) is 0 Å². The van der Waals surface area contributed by atoms with E-state index in [1.54, 1.807) is 0 Å². The zero-order valence-corrected chi connectivity index (χ0v) is 5.49. The van der Waals surface area contributed by atoms with Crippen molar-refractivity contribution in [2.75, 3.05) is 13.1 Å². The number of hydrogen-bond acceptors (Lipinski definition) is 2. The van der Waals surface area contributed by atoms with E-state index in [2.05, 4.69) is 0 Å². The molecule has 0 rings (SSSR count). The van der Waals surface area contributed by atoms with E-state index >= 15 is 0 Å². The van der Waals surface area contributed by atoms with E-state index in [0.717, 1.165) is 6.42 Å². The molecule has 0 aliphatic carbocycles. The summed E-state index contributed by atoms with van der Waals surface area (Å²) in [6, 6.07) is 0. The Morgan fingerprint density at radius 3 is 2.50 bits per heavy atom. The van der Waals surface area contributed by atoms with Gasteiger partial charge in [0, 0.05) is 11.6 Å². The molecule has 0 radical (unpaired) electrons. The second kappa shape index (κ2) is 5.09. The van der Waals surface area contributed by atoms with Gasteiger partial charge in [-0.1, -0.05) is 17.7 Å². The highest BCUT2D eigenvalue weighted by molar-refractivity contribution is 6.29. The molecule has 3 heteroatoms. The smallest absolute Gasteiger partial charge is 0.0284 e. The van der Waals surface area contributed by atoms with Crippen LogP contribution in [0, 0.1) is 0 Å². The van der Waals surface area contributed by atoms with Crippen LogP contribution in [0.15, 0.2) is 11.1 Å². The lowest BCUT2D eigenvalue weighted by Gasteiger charge is -1.89. The van der Waals surface area contributed by atoms with Crippen LogP contribution >= 0.6 is 11.6 Å². The molecule has 0 heterocycles. The van der Waals surface area contributed by atoms with Crippen molar-refractivity contribution in [1.82, 2.24) is 0 Å². The average Bonchev–Trinajstić information content (AvgIpc) is 1.83. The Morgan fingerprint density at radius 1 is 1.50 bits per heavy atom. The van der Waals surface area contributed by atoms with Crippen LogP contribution in [0.1, 0.15) is 6.42 Å². The largest absolute Gasteiger partial charge is 0.330 e. The van der Waals surface area contributed by atoms with E-state index < -0.39 is 0 Å². The first kappa shape index (κ1) is 7.95. The third-order valence-electron chi connectivity index (χ3n) is 0.727. The van der Waals surface area contributed by atoms with Gasteiger partial charge < -0.3 is 11.5 Å². The molecular formula is C5H11ClN2. The lowest BCUT2D eigenvalue weighted by Crippen LogP contribution is -2.00. The molecule has 48 valence electrons. The Hall–Kier alpha value is -0.0500. The monoisotopic (exact) mass is 134 g/mol. The summed E-state index contributed by atoms with van der Waals surface area (Å²) in [5, 5.41) is 0.690. The minimum atomic E-state index is 0.418. The minimum Gasteiger partial charge on any atom is -0.330 e. The first-order valence-electron chi connectivity index (χ1n) is 2.56. The van der Waals surface area contributed by atoms with Gasteiger partial charge in [0.1, 0.15) is 0 Å². The van der Waals surface area contributed by atoms with Crippen molar-refractivity contribution in [3.05, 3.63) is 11.1 Å². The summed E-state index contributed by atoms with van der Waals surface area (Å²) in [5.41, 5.74) is 10.4. The predicted molar refractivity (Wildman–Crippen MR) is 36.7 cm³/mol. The van der Waals surface area contributed by atoms with Gasteiger partial charge in [-0.3, -0.25) is 0 Å². The maximum absolute atomic E-state index is 5.52. The maximum atomic E-state index is 5.52. The third-order valence-corrected chi connectivity index (χ3v) is 1.04. The molecule has 4 N–H and O–H groups in total. The highest BCUT2D eigenvalue weighted by Crippen LogP contribution is 1.97. The number of hydrogen-bond donors (Lipinski definition) is 2. The van der Waals surface area contributed by atoms with Gasteiger partial charge in [0.25, 0.3) is 0 Å². The van der Waals surface area contributed by atoms with E-state index in [-0.39, 0.29) is 0 Å². The van der Waals surface area contributed by atoms with Crippen molar-refractivity contribution in [3.63, 3.8) is 0 Å². The van der Waals surface area contributed by atoms with Crippen LogP contribution in [0.2, 0.25) is 0 Å². The van der Waals surface area contributed by atoms with Crippen molar-refractivity contribution in [3.8, 4) is 0 Å². The lowest BCUT2D eigenvalue weighted by atomic mass is 10.4. The van der Waals surface area contributed by atoms with Crippen LogP contribution in [0.3, 0.4) is 0 Å². The van der Waals surface area contributed by atoms with Crippen LogP contribution in [0.25, 0.3) is 0 Å². The van der Waals surface area contributed by atoms with E-state index in [4.69, 9.17) is 23.1 Å². The molecule has 0 bridgehead atoms. The molecule has 8 heavy (non-hydrogen) atoms. The molecule has 0 amide bonds. The molecule has 0 aromatic rings. The van der Waals surface area contributed by atoms with E-state index in [9.17, 15) is 0 Å². The minimum absolute atomic E-state index is 0.418. The average molecular weight is 135 g/mol. The Morgan fingerprint density at radius 2 is 2.12 bits per heavy atom. The summed E-state index contributed by atoms with van der Waals surface area (Å²) in [7, 11) is 0. The zero-order chi connectivity index (χ0) is 6.41. The molecule has 0 atom stereocenters. The molecule has 0 aliphatic rings. The Bertz CT molecular complexity index is 80.5. The molecule has 0 fully saturated rings. The number of halogens is 1. The van der Waals surface area contributed by atoms with Crippen molar-refractivity contribution in [2.24, 2.45) is 11.5 Å². The predicted octanol–water partition coefficient (Wildman–Crippen LogP) is 0.417. The number of nitrogens with two attached hydrogens (primary N) is 2. The molecule has 0 spiro atoms. The first-order valence-corrected chi connectivity index (χ1v) is 2.93. The quantitative estimate of drug-likeness (QED) is 0.588. The summed E-state index contributed by atoms with van der Waals surface area (Å²) in [4.78, 5) is 0. The van der Waals surface area contributed by atoms with Gasteiger partial charge in [-0.2, -0.15) is 0 Å². The molecule has 0 saturated carbocycles. The Balaban J connectivity index is 3.26. The number of rotatable bonds is 3. The van der Waals surface area contributed by atoms with Gasteiger partial charge in [0.15, 0.2) is 0 Å². The summed E-state index contributed by atoms with van der Waals surface area (Å²) in [6.45, 7) is 1.05. The zero-order valence-electron chi connectivity index (χ0n) is 4.73. The molecule has 0 aliphatic heterocycles. The summed E-state index contributed by atoms with van der Waals surface area (Å²) < 4.78 is 0. The van der Waals surface area contributed by atoms with E-state index in [0.29, 0.717) is 18.1 Å². The van der Waals surface area contributed by atoms with Crippen LogP contribution in [0.4, 0.5) is 0 Å². The third kappa shape index (κ3) is 4.12. The molecule has 0 unspecified atom stereocenters. The summed E-state index contributed by atoms with van der Waals surface area (Å²) >= 11 is 5.52. The summed E-state index contributed by atoms with van der Waals surface area (Å²) in [5.74, 6) is 0. The van der Waals surface area contributed by atoms with Gasteiger partial charge in [0.2, 0.25) is 0 Å². The highest BCUT2D eigenvalue weighted by Gasteiger charge is 1.82. The maximum Gasteiger partial charge on any atom is 0.0284 e. The fraction of sp³-hybridized carbons (Fsp3) is 0.600. The van der Waals surface area contributed by atoms with Gasteiger partial charge >= 0.3 is 0 Å². The van der Waals surface area contributed by atoms with Crippen LogP contribution in [-0.4, -0.2) is 13.1 Å². The van der Waals surface area contributed by atoms with Crippen molar-refractivity contribution < 1.29 is 0 Å². The van der Waals surface area contributed by atoms with Crippen LogP contribution < -0.4 is 11.5 Å². The van der Waals surface area contributed by atoms with E-state index in [1.807, 2.05) is 6.08 Å². The van der Waals surface area contributed by atoms with Gasteiger partial charge in [-0.15, -0.1) is 0 Å². The fourth-order valence-corrected chi connectivity index (χ4v) is 0.432. The normalized spacial score (nSPS) is 12.1. The topological polar surface area (TPSA) is 52.0 Å². The van der Waals surface area contributed by atoms with E-state index in [1.165, 1.54) is 0 Å². The highest BCUT2D eigenvalue weighted by atomic mass is 35.5. The SMILES string of the molecule is NCC/C=C(\Cl)CN. The molecular weight excluding hydrogens is 124 g/mol. The van der Waals surface area contributed by atoms with Crippen molar-refractivity contribution in [2.45, 2.75) is 6.42 Å². The summed E-state index contributed by atoms with van der Waals surface area (Å²) in [6.07, 6.45) is 2.65. The van der Waals surface area contributed by atoms with Gasteiger partial charge in [-0.05, 0) is 13.0 Å². The molecule has 0 aromatic carbocycles. The molecule has 0 aromatic heterocycles. The van der Waals surface area contributed by atoms with Crippen LogP contribution in [0.5, 0.6) is 0 Å². The van der Waals surface area contributed by atoms with Crippen LogP contribution in [-0.2, 0) is 0 Å². The Labute approximate surface area is 54.5 Å². The molecule has 2 nitrogen and oxygen atoms in total. The van der Waals surface area contributed by atoms with Crippen molar-refractivity contribution >= 4 is 11.6 Å². The van der Waals surface area contributed by atoms with Gasteiger partial charge in [-0.25, -0.2) is 0 Å². The lowest BCUT2D eigenvalue weighted by molar-refractivity contribution is 0.998. The second-order valence-electron chi connectivity index (χ2n) is 1.43.